The maximum atomic E-state index is 8.63. The van der Waals surface area contributed by atoms with Crippen molar-refractivity contribution in [1.82, 2.24) is 4.90 Å². The van der Waals surface area contributed by atoms with Gasteiger partial charge in [0.15, 0.2) is 0 Å². The lowest BCUT2D eigenvalue weighted by atomic mass is 9.90. The first-order valence-corrected chi connectivity index (χ1v) is 5.01. The lowest BCUT2D eigenvalue weighted by molar-refractivity contribution is 0.182. The largest absolute Gasteiger partial charge is 0.328 e. The highest BCUT2D eigenvalue weighted by molar-refractivity contribution is 4.91. The second-order valence-electron chi connectivity index (χ2n) is 3.80. The van der Waals surface area contributed by atoms with E-state index in [0.717, 1.165) is 25.7 Å². The molecular formula is C10H16N4. The van der Waals surface area contributed by atoms with E-state index in [1.54, 1.807) is 0 Å². The molecule has 2 N–H and O–H groups in total. The van der Waals surface area contributed by atoms with Crippen LogP contribution >= 0.6 is 0 Å². The standard InChI is InChI=1S/C10H16N4/c11-4-6-14(7-5-12)10-3-1-2-9(13)8-10/h9-10H,1-3,6-8,13H2. The predicted molar refractivity (Wildman–Crippen MR) is 53.0 cm³/mol. The first-order chi connectivity index (χ1) is 6.77. The van der Waals surface area contributed by atoms with Crippen LogP contribution in [-0.4, -0.2) is 30.1 Å². The quantitative estimate of drug-likeness (QED) is 0.664. The van der Waals surface area contributed by atoms with Gasteiger partial charge in [0, 0.05) is 12.1 Å². The third kappa shape index (κ3) is 2.99. The van der Waals surface area contributed by atoms with Crippen molar-refractivity contribution in [2.24, 2.45) is 5.73 Å². The second kappa shape index (κ2) is 5.59. The zero-order valence-electron chi connectivity index (χ0n) is 8.32. The molecule has 14 heavy (non-hydrogen) atoms. The van der Waals surface area contributed by atoms with E-state index in [4.69, 9.17) is 16.3 Å². The minimum Gasteiger partial charge on any atom is -0.328 e. The van der Waals surface area contributed by atoms with Crippen LogP contribution in [0.2, 0.25) is 0 Å². The van der Waals surface area contributed by atoms with Crippen LogP contribution < -0.4 is 5.73 Å². The summed E-state index contributed by atoms with van der Waals surface area (Å²) in [7, 11) is 0. The van der Waals surface area contributed by atoms with Crippen LogP contribution in [0.1, 0.15) is 25.7 Å². The van der Waals surface area contributed by atoms with Gasteiger partial charge in [0.1, 0.15) is 0 Å². The van der Waals surface area contributed by atoms with Crippen molar-refractivity contribution in [3.05, 3.63) is 0 Å². The third-order valence-corrected chi connectivity index (χ3v) is 2.75. The summed E-state index contributed by atoms with van der Waals surface area (Å²) in [6, 6.07) is 4.77. The summed E-state index contributed by atoms with van der Waals surface area (Å²) < 4.78 is 0. The van der Waals surface area contributed by atoms with Gasteiger partial charge in [-0.05, 0) is 19.3 Å². The summed E-state index contributed by atoms with van der Waals surface area (Å²) in [6.07, 6.45) is 4.17. The molecule has 0 heterocycles. The van der Waals surface area contributed by atoms with Gasteiger partial charge < -0.3 is 5.73 Å². The Balaban J connectivity index is 2.50. The predicted octanol–water partition coefficient (Wildman–Crippen LogP) is 0.605. The van der Waals surface area contributed by atoms with Gasteiger partial charge in [-0.25, -0.2) is 0 Å². The fourth-order valence-corrected chi connectivity index (χ4v) is 2.03. The average Bonchev–Trinajstić information content (AvgIpc) is 2.17. The molecular weight excluding hydrogens is 176 g/mol. The molecule has 0 spiro atoms. The normalized spacial score (nSPS) is 26.9. The lowest BCUT2D eigenvalue weighted by Gasteiger charge is -2.33. The number of hydrogen-bond acceptors (Lipinski definition) is 4. The van der Waals surface area contributed by atoms with Crippen LogP contribution in [0.25, 0.3) is 0 Å². The summed E-state index contributed by atoms with van der Waals surface area (Å²) >= 11 is 0. The van der Waals surface area contributed by atoms with Crippen LogP contribution in [0.15, 0.2) is 0 Å². The van der Waals surface area contributed by atoms with Gasteiger partial charge in [0.25, 0.3) is 0 Å². The van der Waals surface area contributed by atoms with E-state index in [0.29, 0.717) is 19.1 Å². The Morgan fingerprint density at radius 3 is 2.36 bits per heavy atom. The van der Waals surface area contributed by atoms with E-state index in [-0.39, 0.29) is 6.04 Å². The van der Waals surface area contributed by atoms with E-state index in [1.807, 2.05) is 4.90 Å². The van der Waals surface area contributed by atoms with Crippen molar-refractivity contribution in [2.75, 3.05) is 13.1 Å². The first kappa shape index (κ1) is 11.0. The summed E-state index contributed by atoms with van der Waals surface area (Å²) in [5.74, 6) is 0. The second-order valence-corrected chi connectivity index (χ2v) is 3.80. The zero-order valence-corrected chi connectivity index (χ0v) is 8.32. The minimum absolute atomic E-state index is 0.244. The van der Waals surface area contributed by atoms with Crippen molar-refractivity contribution >= 4 is 0 Å². The average molecular weight is 192 g/mol. The number of nitriles is 2. The Bertz CT molecular complexity index is 234. The fourth-order valence-electron chi connectivity index (χ4n) is 2.03. The third-order valence-electron chi connectivity index (χ3n) is 2.75. The van der Waals surface area contributed by atoms with E-state index in [1.165, 1.54) is 0 Å². The van der Waals surface area contributed by atoms with Crippen LogP contribution in [0.4, 0.5) is 0 Å². The maximum Gasteiger partial charge on any atom is 0.0876 e. The van der Waals surface area contributed by atoms with Gasteiger partial charge >= 0.3 is 0 Å². The molecule has 4 nitrogen and oxygen atoms in total. The number of hydrogen-bond donors (Lipinski definition) is 1. The molecule has 0 aromatic heterocycles. The number of rotatable bonds is 3. The molecule has 1 rings (SSSR count). The van der Waals surface area contributed by atoms with Crippen LogP contribution in [-0.2, 0) is 0 Å². The van der Waals surface area contributed by atoms with Crippen LogP contribution in [0.3, 0.4) is 0 Å². The highest BCUT2D eigenvalue weighted by Crippen LogP contribution is 2.21. The molecule has 0 bridgehead atoms. The summed E-state index contributed by atoms with van der Waals surface area (Å²) in [6.45, 7) is 0.676. The minimum atomic E-state index is 0.244. The molecule has 1 aliphatic carbocycles. The van der Waals surface area contributed by atoms with Gasteiger partial charge in [-0.2, -0.15) is 10.5 Å². The first-order valence-electron chi connectivity index (χ1n) is 5.01. The Morgan fingerprint density at radius 2 is 1.86 bits per heavy atom. The van der Waals surface area contributed by atoms with E-state index in [2.05, 4.69) is 12.1 Å². The molecule has 0 amide bonds. The molecule has 0 radical (unpaired) electrons. The van der Waals surface area contributed by atoms with Gasteiger partial charge in [0.05, 0.1) is 25.2 Å². The Kier molecular flexibility index (Phi) is 4.39. The molecule has 1 aliphatic rings. The zero-order chi connectivity index (χ0) is 10.4. The topological polar surface area (TPSA) is 76.8 Å². The smallest absolute Gasteiger partial charge is 0.0876 e. The van der Waals surface area contributed by atoms with Gasteiger partial charge in [0.2, 0.25) is 0 Å². The number of nitrogens with zero attached hydrogens (tertiary/aromatic N) is 3. The summed E-state index contributed by atoms with van der Waals surface area (Å²) in [5.41, 5.74) is 5.86. The van der Waals surface area contributed by atoms with Crippen molar-refractivity contribution in [2.45, 2.75) is 37.8 Å². The molecule has 4 heteroatoms. The Morgan fingerprint density at radius 1 is 1.21 bits per heavy atom. The van der Waals surface area contributed by atoms with Crippen LogP contribution in [0, 0.1) is 22.7 Å². The van der Waals surface area contributed by atoms with Crippen molar-refractivity contribution < 1.29 is 0 Å². The molecule has 1 saturated carbocycles. The molecule has 2 unspecified atom stereocenters. The van der Waals surface area contributed by atoms with Crippen molar-refractivity contribution in [3.8, 4) is 12.1 Å². The summed E-state index contributed by atoms with van der Waals surface area (Å²) in [4.78, 5) is 1.93. The van der Waals surface area contributed by atoms with E-state index >= 15 is 0 Å². The lowest BCUT2D eigenvalue weighted by Crippen LogP contribution is -2.42. The summed E-state index contributed by atoms with van der Waals surface area (Å²) in [5, 5.41) is 17.3. The molecule has 0 aliphatic heterocycles. The monoisotopic (exact) mass is 192 g/mol. The molecule has 0 aromatic carbocycles. The van der Waals surface area contributed by atoms with Gasteiger partial charge in [-0.15, -0.1) is 0 Å². The Hall–Kier alpha value is -1.10. The van der Waals surface area contributed by atoms with E-state index in [9.17, 15) is 0 Å². The SMILES string of the molecule is N#CCN(CC#N)C1CCCC(N)C1. The molecule has 2 atom stereocenters. The maximum absolute atomic E-state index is 8.63. The van der Waals surface area contributed by atoms with Gasteiger partial charge in [-0.3, -0.25) is 4.90 Å². The van der Waals surface area contributed by atoms with Crippen molar-refractivity contribution in [3.63, 3.8) is 0 Å². The van der Waals surface area contributed by atoms with E-state index < -0.39 is 0 Å². The highest BCUT2D eigenvalue weighted by Gasteiger charge is 2.24. The van der Waals surface area contributed by atoms with Gasteiger partial charge in [-0.1, -0.05) is 6.42 Å². The van der Waals surface area contributed by atoms with Crippen LogP contribution in [0.5, 0.6) is 0 Å². The molecule has 0 aromatic rings. The molecule has 1 fully saturated rings. The Labute approximate surface area is 84.9 Å². The number of nitrogens with two attached hydrogens (primary N) is 1. The van der Waals surface area contributed by atoms with Crippen molar-refractivity contribution in [1.29, 1.82) is 10.5 Å². The molecule has 0 saturated heterocycles. The fraction of sp³-hybridized carbons (Fsp3) is 0.800. The molecule has 76 valence electrons. The highest BCUT2D eigenvalue weighted by atomic mass is 15.2.